The van der Waals surface area contributed by atoms with Crippen LogP contribution in [0.1, 0.15) is 149 Å². The van der Waals surface area contributed by atoms with Gasteiger partial charge in [-0.1, -0.05) is 129 Å². The maximum atomic E-state index is 2.42. The highest BCUT2D eigenvalue weighted by Crippen LogP contribution is 2.11. The summed E-state index contributed by atoms with van der Waals surface area (Å²) in [5.74, 6) is 0. The summed E-state index contributed by atoms with van der Waals surface area (Å²) >= 11 is 0. The lowest BCUT2D eigenvalue weighted by molar-refractivity contribution is 0.480. The number of allylic oxidation sites excluding steroid dienone is 2. The number of rotatable bonds is 23. The zero-order valence-corrected chi connectivity index (χ0v) is 20.6. The molecule has 0 bridgehead atoms. The Morgan fingerprint density at radius 2 is 0.759 bits per heavy atom. The van der Waals surface area contributed by atoms with E-state index in [0.717, 1.165) is 0 Å². The van der Waals surface area contributed by atoms with E-state index in [1.807, 2.05) is 0 Å². The summed E-state index contributed by atoms with van der Waals surface area (Å²) in [5, 5.41) is 0. The van der Waals surface area contributed by atoms with E-state index in [4.69, 9.17) is 0 Å². The van der Waals surface area contributed by atoms with Crippen LogP contribution in [-0.4, -0.2) is 11.4 Å². The van der Waals surface area contributed by atoms with Crippen LogP contribution in [0.5, 0.6) is 0 Å². The van der Waals surface area contributed by atoms with Crippen molar-refractivity contribution in [3.8, 4) is 0 Å². The second-order valence-electron chi connectivity index (χ2n) is 8.89. The Kier molecular flexibility index (Phi) is 24.7. The molecule has 0 rings (SSSR count). The van der Waals surface area contributed by atoms with Crippen LogP contribution in [0.25, 0.3) is 0 Å². The summed E-state index contributed by atoms with van der Waals surface area (Å²) in [7, 11) is 0. The van der Waals surface area contributed by atoms with Crippen molar-refractivity contribution >= 4 is 0 Å². The second-order valence-corrected chi connectivity index (χ2v) is 8.89. The molecule has 0 atom stereocenters. The van der Waals surface area contributed by atoms with Crippen LogP contribution >= 0.6 is 0 Å². The molecule has 0 amide bonds. The number of unbranched alkanes of at least 4 members (excludes halogenated alkanes) is 17. The van der Waals surface area contributed by atoms with Crippen molar-refractivity contribution in [1.82, 2.24) is 4.90 Å². The van der Waals surface area contributed by atoms with Gasteiger partial charge in [-0.15, -0.1) is 0 Å². The van der Waals surface area contributed by atoms with Crippen LogP contribution in [0.4, 0.5) is 0 Å². The summed E-state index contributed by atoms with van der Waals surface area (Å²) in [6, 6.07) is 0. The Morgan fingerprint density at radius 3 is 1.14 bits per heavy atom. The minimum Gasteiger partial charge on any atom is -0.355 e. The molecule has 0 saturated heterocycles. The molecule has 29 heavy (non-hydrogen) atoms. The van der Waals surface area contributed by atoms with E-state index in [-0.39, 0.29) is 0 Å². The molecule has 0 aliphatic rings. The third-order valence-electron chi connectivity index (χ3n) is 5.81. The van der Waals surface area contributed by atoms with E-state index >= 15 is 0 Å². The molecule has 0 aliphatic carbocycles. The van der Waals surface area contributed by atoms with Gasteiger partial charge in [-0.2, -0.15) is 0 Å². The van der Waals surface area contributed by atoms with Gasteiger partial charge in [0.2, 0.25) is 0 Å². The summed E-state index contributed by atoms with van der Waals surface area (Å²) in [5.41, 5.74) is 0. The summed E-state index contributed by atoms with van der Waals surface area (Å²) in [6.07, 6.45) is 37.0. The molecule has 0 aliphatic heterocycles. The monoisotopic (exact) mass is 405 g/mol. The van der Waals surface area contributed by atoms with E-state index in [2.05, 4.69) is 50.2 Å². The SMILES string of the molecule is CCCCCCCCCCC=CN(C=CCCCCCCCCCC)CCCC. The molecule has 0 radical (unpaired) electrons. The van der Waals surface area contributed by atoms with Crippen molar-refractivity contribution in [3.63, 3.8) is 0 Å². The molecule has 0 heterocycles. The van der Waals surface area contributed by atoms with Crippen LogP contribution in [-0.2, 0) is 0 Å². The van der Waals surface area contributed by atoms with Crippen molar-refractivity contribution < 1.29 is 0 Å². The van der Waals surface area contributed by atoms with E-state index in [1.54, 1.807) is 0 Å². The zero-order chi connectivity index (χ0) is 21.3. The Bertz CT molecular complexity index is 314. The molecule has 0 fully saturated rings. The smallest absolute Gasteiger partial charge is 0.0219 e. The molecule has 0 aromatic carbocycles. The Hall–Kier alpha value is -0.720. The molecule has 1 nitrogen and oxygen atoms in total. The van der Waals surface area contributed by atoms with E-state index < -0.39 is 0 Å². The maximum Gasteiger partial charge on any atom is 0.0219 e. The van der Waals surface area contributed by atoms with Gasteiger partial charge < -0.3 is 4.90 Å². The Labute approximate surface area is 185 Å². The van der Waals surface area contributed by atoms with Crippen molar-refractivity contribution in [2.45, 2.75) is 149 Å². The molecule has 0 saturated carbocycles. The summed E-state index contributed by atoms with van der Waals surface area (Å²) in [6.45, 7) is 8.04. The molecular weight excluding hydrogens is 350 g/mol. The first-order valence-corrected chi connectivity index (χ1v) is 13.4. The molecule has 0 aromatic heterocycles. The third kappa shape index (κ3) is 23.4. The number of hydrogen-bond donors (Lipinski definition) is 0. The first kappa shape index (κ1) is 28.3. The normalized spacial score (nSPS) is 11.8. The van der Waals surface area contributed by atoms with Crippen molar-refractivity contribution in [2.75, 3.05) is 6.54 Å². The van der Waals surface area contributed by atoms with E-state index in [0.29, 0.717) is 0 Å². The average molecular weight is 406 g/mol. The average Bonchev–Trinajstić information content (AvgIpc) is 2.74. The highest BCUT2D eigenvalue weighted by molar-refractivity contribution is 4.92. The van der Waals surface area contributed by atoms with Crippen molar-refractivity contribution in [2.24, 2.45) is 0 Å². The maximum absolute atomic E-state index is 2.42. The largest absolute Gasteiger partial charge is 0.355 e. The minimum atomic E-state index is 1.17. The molecule has 172 valence electrons. The predicted octanol–water partition coefficient (Wildman–Crippen LogP) is 10.2. The predicted molar refractivity (Wildman–Crippen MR) is 134 cm³/mol. The lowest BCUT2D eigenvalue weighted by Crippen LogP contribution is -2.10. The fourth-order valence-corrected chi connectivity index (χ4v) is 3.75. The highest BCUT2D eigenvalue weighted by Gasteiger charge is 1.95. The van der Waals surface area contributed by atoms with Crippen LogP contribution in [0, 0.1) is 0 Å². The number of nitrogens with zero attached hydrogens (tertiary/aromatic N) is 1. The molecule has 0 spiro atoms. The molecule has 1 heteroatoms. The van der Waals surface area contributed by atoms with Gasteiger partial charge in [0.15, 0.2) is 0 Å². The Morgan fingerprint density at radius 1 is 0.414 bits per heavy atom. The van der Waals surface area contributed by atoms with Gasteiger partial charge >= 0.3 is 0 Å². The van der Waals surface area contributed by atoms with Gasteiger partial charge in [-0.25, -0.2) is 0 Å². The van der Waals surface area contributed by atoms with Crippen LogP contribution in [0.15, 0.2) is 24.6 Å². The lowest BCUT2D eigenvalue weighted by Gasteiger charge is -2.15. The van der Waals surface area contributed by atoms with Crippen molar-refractivity contribution in [1.29, 1.82) is 0 Å². The topological polar surface area (TPSA) is 3.24 Å². The van der Waals surface area contributed by atoms with Gasteiger partial charge in [-0.3, -0.25) is 0 Å². The van der Waals surface area contributed by atoms with Crippen LogP contribution in [0.3, 0.4) is 0 Å². The standard InChI is InChI=1S/C28H55N/c1-4-7-10-12-14-16-18-20-22-24-27-29(26-9-6-3)28-25-23-21-19-17-15-13-11-8-5-2/h24-25,27-28H,4-23,26H2,1-3H3. The zero-order valence-electron chi connectivity index (χ0n) is 20.6. The molecule has 0 unspecified atom stereocenters. The van der Waals surface area contributed by atoms with Gasteiger partial charge in [0.1, 0.15) is 0 Å². The first-order valence-electron chi connectivity index (χ1n) is 13.4. The summed E-state index contributed by atoms with van der Waals surface area (Å²) in [4.78, 5) is 2.42. The third-order valence-corrected chi connectivity index (χ3v) is 5.81. The fraction of sp³-hybridized carbons (Fsp3) is 0.857. The highest BCUT2D eigenvalue weighted by atomic mass is 15.1. The molecule has 0 aromatic rings. The van der Waals surface area contributed by atoms with Gasteiger partial charge in [0.05, 0.1) is 0 Å². The van der Waals surface area contributed by atoms with Crippen molar-refractivity contribution in [3.05, 3.63) is 24.6 Å². The van der Waals surface area contributed by atoms with Gasteiger partial charge in [0, 0.05) is 6.54 Å². The molecular formula is C28H55N. The van der Waals surface area contributed by atoms with Gasteiger partial charge in [-0.05, 0) is 44.5 Å². The van der Waals surface area contributed by atoms with Crippen LogP contribution in [0.2, 0.25) is 0 Å². The Balaban J connectivity index is 3.75. The quantitative estimate of drug-likeness (QED) is 0.153. The minimum absolute atomic E-state index is 1.17. The second kappa shape index (κ2) is 25.3. The van der Waals surface area contributed by atoms with E-state index in [1.165, 1.54) is 135 Å². The molecule has 0 N–H and O–H groups in total. The fourth-order valence-electron chi connectivity index (χ4n) is 3.75. The number of hydrogen-bond acceptors (Lipinski definition) is 1. The van der Waals surface area contributed by atoms with Crippen LogP contribution < -0.4 is 0 Å². The first-order chi connectivity index (χ1) is 14.3. The van der Waals surface area contributed by atoms with Gasteiger partial charge in [0.25, 0.3) is 0 Å². The van der Waals surface area contributed by atoms with E-state index in [9.17, 15) is 0 Å². The lowest BCUT2D eigenvalue weighted by atomic mass is 10.1. The summed E-state index contributed by atoms with van der Waals surface area (Å²) < 4.78 is 0.